The Bertz CT molecular complexity index is 653. The maximum Gasteiger partial charge on any atom is 0.241 e. The maximum absolute atomic E-state index is 7.96. The number of aromatic nitrogens is 2. The van der Waals surface area contributed by atoms with Crippen LogP contribution in [0.3, 0.4) is 0 Å². The van der Waals surface area contributed by atoms with Crippen molar-refractivity contribution in [2.24, 2.45) is 5.10 Å². The molecule has 0 aliphatic rings. The molecule has 2 N–H and O–H groups in total. The summed E-state index contributed by atoms with van der Waals surface area (Å²) in [5.74, 6) is 0.577. The topological polar surface area (TPSA) is 66.1 Å². The van der Waals surface area contributed by atoms with Gasteiger partial charge < -0.3 is 0 Å². The molecule has 0 bridgehead atoms. The zero-order valence-corrected chi connectivity index (χ0v) is 12.1. The molecule has 0 unspecified atom stereocenters. The molecular formula is C13H17N5S. The van der Waals surface area contributed by atoms with Gasteiger partial charge in [-0.15, -0.1) is 0 Å². The van der Waals surface area contributed by atoms with Crippen molar-refractivity contribution in [2.75, 3.05) is 5.43 Å². The van der Waals surface area contributed by atoms with Crippen molar-refractivity contribution in [3.05, 3.63) is 34.6 Å². The van der Waals surface area contributed by atoms with Gasteiger partial charge in [-0.05, 0) is 38.0 Å². The molecule has 0 amide bonds. The fraction of sp³-hybridized carbons (Fsp3) is 0.308. The molecule has 0 saturated heterocycles. The Kier molecular flexibility index (Phi) is 4.11. The molecule has 0 radical (unpaired) electrons. The molecule has 100 valence electrons. The van der Waals surface area contributed by atoms with Crippen LogP contribution in [0, 0.1) is 12.3 Å². The van der Waals surface area contributed by atoms with E-state index in [9.17, 15) is 0 Å². The normalized spacial score (nSPS) is 11.6. The quantitative estimate of drug-likeness (QED) is 0.665. The standard InChI is InChI=1S/C13H17N5S/c1-4-10(3)15-16-13-17-19-12(14)18(13)11-7-5-6-9(2)8-11/h5-8,14H,4H2,1-3H3,(H,16,17)/b14-12?,15-10+. The summed E-state index contributed by atoms with van der Waals surface area (Å²) in [5, 5.41) is 12.2. The first-order chi connectivity index (χ1) is 9.11. The van der Waals surface area contributed by atoms with E-state index in [1.807, 2.05) is 45.0 Å². The molecule has 19 heavy (non-hydrogen) atoms. The maximum atomic E-state index is 7.96. The van der Waals surface area contributed by atoms with E-state index < -0.39 is 0 Å². The Morgan fingerprint density at radius 2 is 2.32 bits per heavy atom. The molecule has 0 aliphatic carbocycles. The highest BCUT2D eigenvalue weighted by molar-refractivity contribution is 7.03. The number of hydrogen-bond acceptors (Lipinski definition) is 5. The van der Waals surface area contributed by atoms with Crippen LogP contribution < -0.4 is 10.2 Å². The lowest BCUT2D eigenvalue weighted by Gasteiger charge is -2.07. The summed E-state index contributed by atoms with van der Waals surface area (Å²) in [7, 11) is 0. The highest BCUT2D eigenvalue weighted by Gasteiger charge is 2.08. The van der Waals surface area contributed by atoms with Crippen molar-refractivity contribution in [1.29, 1.82) is 5.41 Å². The van der Waals surface area contributed by atoms with Crippen LogP contribution in [0.4, 0.5) is 5.95 Å². The van der Waals surface area contributed by atoms with Gasteiger partial charge in [0.05, 0.1) is 5.69 Å². The summed E-state index contributed by atoms with van der Waals surface area (Å²) in [6, 6.07) is 7.98. The lowest BCUT2D eigenvalue weighted by atomic mass is 10.2. The molecule has 0 atom stereocenters. The smallest absolute Gasteiger partial charge is 0.241 e. The second kappa shape index (κ2) is 5.79. The Labute approximate surface area is 116 Å². The Morgan fingerprint density at radius 3 is 3.00 bits per heavy atom. The largest absolute Gasteiger partial charge is 0.273 e. The summed E-state index contributed by atoms with van der Waals surface area (Å²) < 4.78 is 5.98. The third-order valence-corrected chi connectivity index (χ3v) is 3.37. The van der Waals surface area contributed by atoms with Gasteiger partial charge in [-0.25, -0.2) is 5.43 Å². The monoisotopic (exact) mass is 275 g/mol. The molecule has 1 aromatic heterocycles. The fourth-order valence-electron chi connectivity index (χ4n) is 1.57. The van der Waals surface area contributed by atoms with Crippen molar-refractivity contribution >= 4 is 23.2 Å². The average molecular weight is 275 g/mol. The Balaban J connectivity index is 2.41. The van der Waals surface area contributed by atoms with E-state index in [4.69, 9.17) is 5.41 Å². The van der Waals surface area contributed by atoms with Gasteiger partial charge in [-0.1, -0.05) is 19.1 Å². The van der Waals surface area contributed by atoms with Gasteiger partial charge in [-0.3, -0.25) is 9.98 Å². The summed E-state index contributed by atoms with van der Waals surface area (Å²) >= 11 is 1.14. The second-order valence-corrected chi connectivity index (χ2v) is 5.05. The van der Waals surface area contributed by atoms with Crippen LogP contribution in [0.1, 0.15) is 25.8 Å². The van der Waals surface area contributed by atoms with E-state index in [1.54, 1.807) is 4.57 Å². The summed E-state index contributed by atoms with van der Waals surface area (Å²) in [4.78, 5) is 0.373. The second-order valence-electron chi connectivity index (χ2n) is 4.30. The SMILES string of the molecule is CC/C(C)=N/Nc1nsc(=N)n1-c1cccc(C)c1. The van der Waals surface area contributed by atoms with Crippen LogP contribution in [0.25, 0.3) is 5.69 Å². The van der Waals surface area contributed by atoms with Gasteiger partial charge in [0, 0.05) is 17.2 Å². The van der Waals surface area contributed by atoms with Crippen LogP contribution in [0.15, 0.2) is 29.4 Å². The zero-order valence-electron chi connectivity index (χ0n) is 11.3. The number of hydrogen-bond donors (Lipinski definition) is 2. The minimum Gasteiger partial charge on any atom is -0.273 e. The number of benzene rings is 1. The van der Waals surface area contributed by atoms with Crippen molar-refractivity contribution < 1.29 is 0 Å². The third kappa shape index (κ3) is 3.08. The minimum absolute atomic E-state index is 0.373. The zero-order chi connectivity index (χ0) is 13.8. The summed E-state index contributed by atoms with van der Waals surface area (Å²) in [6.07, 6.45) is 0.884. The molecular weight excluding hydrogens is 258 g/mol. The van der Waals surface area contributed by atoms with E-state index in [2.05, 4.69) is 14.9 Å². The van der Waals surface area contributed by atoms with E-state index in [0.717, 1.165) is 34.9 Å². The summed E-state index contributed by atoms with van der Waals surface area (Å²) in [6.45, 7) is 6.03. The molecule has 1 aromatic carbocycles. The molecule has 2 aromatic rings. The van der Waals surface area contributed by atoms with Gasteiger partial charge in [0.25, 0.3) is 0 Å². The minimum atomic E-state index is 0.373. The van der Waals surface area contributed by atoms with E-state index in [1.165, 1.54) is 0 Å². The molecule has 0 saturated carbocycles. The Morgan fingerprint density at radius 1 is 1.53 bits per heavy atom. The van der Waals surface area contributed by atoms with Crippen molar-refractivity contribution in [3.63, 3.8) is 0 Å². The lowest BCUT2D eigenvalue weighted by Crippen LogP contribution is -2.14. The number of anilines is 1. The van der Waals surface area contributed by atoms with Crippen molar-refractivity contribution in [2.45, 2.75) is 27.2 Å². The van der Waals surface area contributed by atoms with E-state index in [0.29, 0.717) is 10.7 Å². The van der Waals surface area contributed by atoms with Gasteiger partial charge >= 0.3 is 0 Å². The molecule has 0 spiro atoms. The fourth-order valence-corrected chi connectivity index (χ4v) is 2.13. The van der Waals surface area contributed by atoms with E-state index >= 15 is 0 Å². The van der Waals surface area contributed by atoms with Crippen molar-refractivity contribution in [1.82, 2.24) is 8.94 Å². The van der Waals surface area contributed by atoms with Crippen LogP contribution in [-0.4, -0.2) is 14.7 Å². The van der Waals surface area contributed by atoms with Crippen LogP contribution in [0.2, 0.25) is 0 Å². The average Bonchev–Trinajstić information content (AvgIpc) is 2.77. The first kappa shape index (κ1) is 13.5. The number of rotatable bonds is 4. The first-order valence-electron chi connectivity index (χ1n) is 6.11. The first-order valence-corrected chi connectivity index (χ1v) is 6.88. The lowest BCUT2D eigenvalue weighted by molar-refractivity contribution is 0.954. The predicted octanol–water partition coefficient (Wildman–Crippen LogP) is 2.92. The van der Waals surface area contributed by atoms with Crippen LogP contribution in [-0.2, 0) is 0 Å². The number of aryl methyl sites for hydroxylation is 1. The molecule has 0 fully saturated rings. The number of hydrazone groups is 1. The highest BCUT2D eigenvalue weighted by atomic mass is 32.1. The summed E-state index contributed by atoms with van der Waals surface area (Å²) in [5.41, 5.74) is 6.00. The van der Waals surface area contributed by atoms with Crippen molar-refractivity contribution in [3.8, 4) is 5.69 Å². The molecule has 1 heterocycles. The molecule has 5 nitrogen and oxygen atoms in total. The van der Waals surface area contributed by atoms with Gasteiger partial charge in [-0.2, -0.15) is 9.47 Å². The van der Waals surface area contributed by atoms with E-state index in [-0.39, 0.29) is 0 Å². The third-order valence-electron chi connectivity index (χ3n) is 2.75. The highest BCUT2D eigenvalue weighted by Crippen LogP contribution is 2.14. The Hall–Kier alpha value is -1.95. The van der Waals surface area contributed by atoms with Crippen LogP contribution in [0.5, 0.6) is 0 Å². The van der Waals surface area contributed by atoms with Gasteiger partial charge in [0.2, 0.25) is 10.7 Å². The molecule has 6 heteroatoms. The van der Waals surface area contributed by atoms with Gasteiger partial charge in [0.15, 0.2) is 0 Å². The van der Waals surface area contributed by atoms with Crippen LogP contribution >= 0.6 is 11.5 Å². The molecule has 0 aliphatic heterocycles. The molecule has 2 rings (SSSR count). The van der Waals surface area contributed by atoms with Gasteiger partial charge in [0.1, 0.15) is 0 Å². The predicted molar refractivity (Wildman–Crippen MR) is 79.1 cm³/mol. The number of nitrogens with one attached hydrogen (secondary N) is 2. The number of nitrogens with zero attached hydrogens (tertiary/aromatic N) is 3.